The predicted molar refractivity (Wildman–Crippen MR) is 63.0 cm³/mol. The van der Waals surface area contributed by atoms with E-state index in [9.17, 15) is 4.79 Å². The molecule has 1 atom stereocenters. The molecule has 1 heterocycles. The fourth-order valence-electron chi connectivity index (χ4n) is 2.17. The molecule has 1 amide bonds. The molecule has 1 aliphatic heterocycles. The molecule has 1 fully saturated rings. The number of carbonyl (C=O) groups excluding carboxylic acids is 1. The average molecular weight is 221 g/mol. The summed E-state index contributed by atoms with van der Waals surface area (Å²) in [6, 6.07) is 0. The van der Waals surface area contributed by atoms with Gasteiger partial charge in [0.25, 0.3) is 0 Å². The van der Waals surface area contributed by atoms with E-state index in [2.05, 4.69) is 19.1 Å². The first kappa shape index (κ1) is 11.4. The number of carbonyl (C=O) groups is 1. The van der Waals surface area contributed by atoms with Crippen molar-refractivity contribution in [3.63, 3.8) is 0 Å². The van der Waals surface area contributed by atoms with Crippen molar-refractivity contribution in [2.75, 3.05) is 26.3 Å². The van der Waals surface area contributed by atoms with Crippen LogP contribution in [0.1, 0.15) is 20.3 Å². The molecule has 1 unspecified atom stereocenters. The molecule has 3 nitrogen and oxygen atoms in total. The first-order valence-electron chi connectivity index (χ1n) is 5.93. The van der Waals surface area contributed by atoms with Gasteiger partial charge < -0.3 is 9.64 Å². The molecule has 0 saturated carbocycles. The number of allylic oxidation sites excluding steroid dienone is 3. The molecule has 0 radical (unpaired) electrons. The molecular weight excluding hydrogens is 202 g/mol. The van der Waals surface area contributed by atoms with Gasteiger partial charge in [0.05, 0.1) is 13.2 Å². The highest BCUT2D eigenvalue weighted by molar-refractivity contribution is 5.95. The van der Waals surface area contributed by atoms with Crippen molar-refractivity contribution >= 4 is 5.91 Å². The van der Waals surface area contributed by atoms with Gasteiger partial charge in [0.15, 0.2) is 0 Å². The van der Waals surface area contributed by atoms with Crippen LogP contribution in [0.5, 0.6) is 0 Å². The third kappa shape index (κ3) is 2.35. The molecule has 1 saturated heterocycles. The Morgan fingerprint density at radius 2 is 2.12 bits per heavy atom. The average Bonchev–Trinajstić information content (AvgIpc) is 2.32. The lowest BCUT2D eigenvalue weighted by molar-refractivity contribution is -0.131. The van der Waals surface area contributed by atoms with E-state index in [-0.39, 0.29) is 5.91 Å². The second-order valence-corrected chi connectivity index (χ2v) is 4.61. The van der Waals surface area contributed by atoms with E-state index in [0.717, 1.165) is 30.7 Å². The lowest BCUT2D eigenvalue weighted by Gasteiger charge is -2.29. The van der Waals surface area contributed by atoms with Gasteiger partial charge in [-0.15, -0.1) is 0 Å². The Morgan fingerprint density at radius 3 is 2.81 bits per heavy atom. The molecular formula is C13H19NO2. The van der Waals surface area contributed by atoms with Gasteiger partial charge in [-0.25, -0.2) is 0 Å². The van der Waals surface area contributed by atoms with Crippen molar-refractivity contribution in [2.24, 2.45) is 5.92 Å². The summed E-state index contributed by atoms with van der Waals surface area (Å²) in [7, 11) is 0. The van der Waals surface area contributed by atoms with Crippen LogP contribution in [0.4, 0.5) is 0 Å². The van der Waals surface area contributed by atoms with Gasteiger partial charge in [-0.3, -0.25) is 4.79 Å². The van der Waals surface area contributed by atoms with Gasteiger partial charge in [-0.2, -0.15) is 0 Å². The number of morpholine rings is 1. The van der Waals surface area contributed by atoms with Gasteiger partial charge in [0.2, 0.25) is 5.91 Å². The van der Waals surface area contributed by atoms with Crippen LogP contribution in [0.3, 0.4) is 0 Å². The summed E-state index contributed by atoms with van der Waals surface area (Å²) in [5.41, 5.74) is 2.10. The summed E-state index contributed by atoms with van der Waals surface area (Å²) in [6.45, 7) is 6.97. The molecule has 1 aliphatic carbocycles. The number of nitrogens with zero attached hydrogens (tertiary/aromatic N) is 1. The fraction of sp³-hybridized carbons (Fsp3) is 0.615. The largest absolute Gasteiger partial charge is 0.378 e. The Labute approximate surface area is 96.8 Å². The molecule has 2 aliphatic rings. The van der Waals surface area contributed by atoms with E-state index in [4.69, 9.17) is 4.74 Å². The van der Waals surface area contributed by atoms with E-state index in [0.29, 0.717) is 19.1 Å². The summed E-state index contributed by atoms with van der Waals surface area (Å²) >= 11 is 0. The molecule has 0 spiro atoms. The maximum absolute atomic E-state index is 12.3. The van der Waals surface area contributed by atoms with Crippen LogP contribution in [0.25, 0.3) is 0 Å². The van der Waals surface area contributed by atoms with E-state index in [1.165, 1.54) is 0 Å². The number of hydrogen-bond donors (Lipinski definition) is 0. The molecule has 0 aromatic carbocycles. The highest BCUT2D eigenvalue weighted by Gasteiger charge is 2.23. The molecule has 3 heteroatoms. The van der Waals surface area contributed by atoms with Crippen molar-refractivity contribution in [1.29, 1.82) is 0 Å². The van der Waals surface area contributed by atoms with E-state index in [1.807, 2.05) is 11.8 Å². The molecule has 0 N–H and O–H groups in total. The van der Waals surface area contributed by atoms with E-state index < -0.39 is 0 Å². The van der Waals surface area contributed by atoms with Crippen molar-refractivity contribution in [3.05, 3.63) is 23.3 Å². The SMILES string of the molecule is CC1=C(C(=O)N2CCOCC2)CC(C)C=C1. The minimum Gasteiger partial charge on any atom is -0.378 e. The Hall–Kier alpha value is -1.09. The van der Waals surface area contributed by atoms with Crippen molar-refractivity contribution in [2.45, 2.75) is 20.3 Å². The number of amides is 1. The van der Waals surface area contributed by atoms with Crippen LogP contribution in [-0.2, 0) is 9.53 Å². The second-order valence-electron chi connectivity index (χ2n) is 4.61. The summed E-state index contributed by atoms with van der Waals surface area (Å²) in [4.78, 5) is 14.2. The highest BCUT2D eigenvalue weighted by Crippen LogP contribution is 2.25. The monoisotopic (exact) mass is 221 g/mol. The van der Waals surface area contributed by atoms with Crippen LogP contribution >= 0.6 is 0 Å². The van der Waals surface area contributed by atoms with Gasteiger partial charge in [-0.1, -0.05) is 19.1 Å². The minimum atomic E-state index is 0.206. The normalized spacial score (nSPS) is 26.1. The van der Waals surface area contributed by atoms with Crippen LogP contribution < -0.4 is 0 Å². The zero-order chi connectivity index (χ0) is 11.5. The Kier molecular flexibility index (Phi) is 3.44. The number of ether oxygens (including phenoxy) is 1. The van der Waals surface area contributed by atoms with Crippen molar-refractivity contribution in [1.82, 2.24) is 4.90 Å². The topological polar surface area (TPSA) is 29.5 Å². The Balaban J connectivity index is 2.11. The summed E-state index contributed by atoms with van der Waals surface area (Å²) in [6.07, 6.45) is 5.12. The third-order valence-electron chi connectivity index (χ3n) is 3.23. The van der Waals surface area contributed by atoms with Gasteiger partial charge in [-0.05, 0) is 24.8 Å². The quantitative estimate of drug-likeness (QED) is 0.675. The first-order valence-corrected chi connectivity index (χ1v) is 5.93. The highest BCUT2D eigenvalue weighted by atomic mass is 16.5. The van der Waals surface area contributed by atoms with Gasteiger partial charge in [0, 0.05) is 18.7 Å². The molecule has 0 aromatic heterocycles. The van der Waals surface area contributed by atoms with Gasteiger partial charge >= 0.3 is 0 Å². The lowest BCUT2D eigenvalue weighted by atomic mass is 9.90. The molecule has 0 aromatic rings. The van der Waals surface area contributed by atoms with Crippen molar-refractivity contribution in [3.8, 4) is 0 Å². The zero-order valence-corrected chi connectivity index (χ0v) is 10.0. The van der Waals surface area contributed by atoms with Crippen LogP contribution in [0.15, 0.2) is 23.3 Å². The second kappa shape index (κ2) is 4.83. The third-order valence-corrected chi connectivity index (χ3v) is 3.23. The van der Waals surface area contributed by atoms with E-state index >= 15 is 0 Å². The Morgan fingerprint density at radius 1 is 1.44 bits per heavy atom. The molecule has 88 valence electrons. The molecule has 16 heavy (non-hydrogen) atoms. The van der Waals surface area contributed by atoms with Crippen LogP contribution in [0, 0.1) is 5.92 Å². The predicted octanol–water partition coefficient (Wildman–Crippen LogP) is 1.76. The zero-order valence-electron chi connectivity index (χ0n) is 10.0. The van der Waals surface area contributed by atoms with Crippen LogP contribution in [0.2, 0.25) is 0 Å². The summed E-state index contributed by atoms with van der Waals surface area (Å²) in [5, 5.41) is 0. The summed E-state index contributed by atoms with van der Waals surface area (Å²) in [5.74, 6) is 0.681. The molecule has 0 bridgehead atoms. The van der Waals surface area contributed by atoms with Crippen molar-refractivity contribution < 1.29 is 9.53 Å². The standard InChI is InChI=1S/C13H19NO2/c1-10-3-4-11(2)12(9-10)13(15)14-5-7-16-8-6-14/h3-4,10H,5-9H2,1-2H3. The minimum absolute atomic E-state index is 0.206. The smallest absolute Gasteiger partial charge is 0.250 e. The first-order chi connectivity index (χ1) is 7.68. The van der Waals surface area contributed by atoms with Crippen LogP contribution in [-0.4, -0.2) is 37.1 Å². The maximum atomic E-state index is 12.3. The maximum Gasteiger partial charge on any atom is 0.250 e. The summed E-state index contributed by atoms with van der Waals surface area (Å²) < 4.78 is 5.26. The lowest BCUT2D eigenvalue weighted by Crippen LogP contribution is -2.42. The number of rotatable bonds is 1. The van der Waals surface area contributed by atoms with E-state index in [1.54, 1.807) is 0 Å². The number of hydrogen-bond acceptors (Lipinski definition) is 2. The molecule has 2 rings (SSSR count). The Bertz CT molecular complexity index is 338. The van der Waals surface area contributed by atoms with Gasteiger partial charge in [0.1, 0.15) is 0 Å². The fourth-order valence-corrected chi connectivity index (χ4v) is 2.17.